The molecule has 5 nitrogen and oxygen atoms in total. The van der Waals surface area contributed by atoms with Crippen LogP contribution in [0.15, 0.2) is 18.2 Å². The van der Waals surface area contributed by atoms with E-state index in [4.69, 9.17) is 15.2 Å². The van der Waals surface area contributed by atoms with Gasteiger partial charge in [0.05, 0.1) is 6.10 Å². The highest BCUT2D eigenvalue weighted by atomic mass is 16.5. The molecule has 2 heterocycles. The summed E-state index contributed by atoms with van der Waals surface area (Å²) in [5.74, 6) is 0.0213. The van der Waals surface area contributed by atoms with Crippen LogP contribution in [0.3, 0.4) is 0 Å². The number of nitrogen functional groups attached to an aromatic ring is 1. The summed E-state index contributed by atoms with van der Waals surface area (Å²) < 4.78 is 11.0. The molecule has 21 heavy (non-hydrogen) atoms. The molecule has 0 atom stereocenters. The Hall–Kier alpha value is -1.59. The van der Waals surface area contributed by atoms with Crippen molar-refractivity contribution in [3.8, 4) is 0 Å². The molecule has 1 fully saturated rings. The average Bonchev–Trinajstić information content (AvgIpc) is 2.53. The van der Waals surface area contributed by atoms with Gasteiger partial charge < -0.3 is 20.1 Å². The van der Waals surface area contributed by atoms with Crippen molar-refractivity contribution in [1.82, 2.24) is 0 Å². The van der Waals surface area contributed by atoms with Gasteiger partial charge in [-0.2, -0.15) is 0 Å². The number of hydrogen-bond donors (Lipinski definition) is 1. The van der Waals surface area contributed by atoms with Crippen LogP contribution in [0.5, 0.6) is 0 Å². The third-order valence-corrected chi connectivity index (χ3v) is 4.20. The average molecular weight is 290 g/mol. The van der Waals surface area contributed by atoms with Gasteiger partial charge in [-0.1, -0.05) is 6.07 Å². The van der Waals surface area contributed by atoms with Gasteiger partial charge in [0, 0.05) is 31.1 Å². The summed E-state index contributed by atoms with van der Waals surface area (Å²) in [6.45, 7) is 2.33. The maximum atomic E-state index is 12.4. The summed E-state index contributed by atoms with van der Waals surface area (Å²) in [5.41, 5.74) is 8.82. The van der Waals surface area contributed by atoms with Crippen LogP contribution in [0.1, 0.15) is 24.8 Å². The van der Waals surface area contributed by atoms with Crippen molar-refractivity contribution in [2.75, 3.05) is 37.0 Å². The molecule has 2 aliphatic rings. The maximum Gasteiger partial charge on any atom is 0.252 e. The predicted octanol–water partition coefficient (Wildman–Crippen LogP) is 1.74. The largest absolute Gasteiger partial charge is 0.398 e. The third kappa shape index (κ3) is 3.19. The lowest BCUT2D eigenvalue weighted by atomic mass is 10.00. The number of fused-ring (bicyclic) bond motifs is 1. The zero-order chi connectivity index (χ0) is 14.7. The number of nitrogens with two attached hydrogens (primary N) is 1. The summed E-state index contributed by atoms with van der Waals surface area (Å²) in [6, 6.07) is 5.77. The Morgan fingerprint density at radius 3 is 3.00 bits per heavy atom. The third-order valence-electron chi connectivity index (χ3n) is 4.20. The molecular weight excluding hydrogens is 268 g/mol. The molecular formula is C16H22N2O3. The second-order valence-corrected chi connectivity index (χ2v) is 5.62. The van der Waals surface area contributed by atoms with Gasteiger partial charge in [-0.3, -0.25) is 4.79 Å². The van der Waals surface area contributed by atoms with Gasteiger partial charge in [-0.25, -0.2) is 0 Å². The minimum absolute atomic E-state index is 0.0213. The van der Waals surface area contributed by atoms with Crippen LogP contribution in [-0.4, -0.2) is 38.4 Å². The summed E-state index contributed by atoms with van der Waals surface area (Å²) in [5, 5.41) is 0. The van der Waals surface area contributed by atoms with E-state index in [1.165, 1.54) is 0 Å². The fraction of sp³-hybridized carbons (Fsp3) is 0.562. The van der Waals surface area contributed by atoms with Crippen molar-refractivity contribution in [3.63, 3.8) is 0 Å². The Labute approximate surface area is 125 Å². The zero-order valence-corrected chi connectivity index (χ0v) is 12.2. The molecule has 114 valence electrons. The molecule has 0 unspecified atom stereocenters. The zero-order valence-electron chi connectivity index (χ0n) is 12.2. The maximum absolute atomic E-state index is 12.4. The lowest BCUT2D eigenvalue weighted by Gasteiger charge is -2.31. The summed E-state index contributed by atoms with van der Waals surface area (Å²) in [6.07, 6.45) is 3.78. The van der Waals surface area contributed by atoms with Gasteiger partial charge in [0.25, 0.3) is 5.91 Å². The first-order chi connectivity index (χ1) is 10.3. The first-order valence-corrected chi connectivity index (χ1v) is 7.63. The van der Waals surface area contributed by atoms with E-state index in [0.29, 0.717) is 0 Å². The molecule has 0 aromatic heterocycles. The molecule has 1 aromatic carbocycles. The Bertz CT molecular complexity index is 512. The molecule has 1 aromatic rings. The van der Waals surface area contributed by atoms with E-state index in [1.54, 1.807) is 0 Å². The Kier molecular flexibility index (Phi) is 4.41. The second-order valence-electron chi connectivity index (χ2n) is 5.62. The highest BCUT2D eigenvalue weighted by molar-refractivity contribution is 5.96. The second kappa shape index (κ2) is 6.45. The number of carbonyl (C=O) groups excluding carboxylic acids is 1. The van der Waals surface area contributed by atoms with Crippen LogP contribution < -0.4 is 10.6 Å². The molecule has 0 spiro atoms. The SMILES string of the molecule is Nc1cccc2c1CCCN2C(=O)COC1CCOCC1. The minimum atomic E-state index is 0.0213. The minimum Gasteiger partial charge on any atom is -0.398 e. The number of anilines is 2. The lowest BCUT2D eigenvalue weighted by Crippen LogP contribution is -2.39. The van der Waals surface area contributed by atoms with E-state index >= 15 is 0 Å². The van der Waals surface area contributed by atoms with Gasteiger partial charge in [0.15, 0.2) is 0 Å². The number of ether oxygens (including phenoxy) is 2. The van der Waals surface area contributed by atoms with Crippen molar-refractivity contribution >= 4 is 17.3 Å². The molecule has 0 aliphatic carbocycles. The Balaban J connectivity index is 1.64. The van der Waals surface area contributed by atoms with E-state index in [2.05, 4.69) is 0 Å². The monoisotopic (exact) mass is 290 g/mol. The number of rotatable bonds is 3. The van der Waals surface area contributed by atoms with E-state index in [1.807, 2.05) is 23.1 Å². The summed E-state index contributed by atoms with van der Waals surface area (Å²) in [4.78, 5) is 14.3. The summed E-state index contributed by atoms with van der Waals surface area (Å²) in [7, 11) is 0. The van der Waals surface area contributed by atoms with Gasteiger partial charge in [-0.15, -0.1) is 0 Å². The molecule has 0 radical (unpaired) electrons. The van der Waals surface area contributed by atoms with Crippen LogP contribution in [-0.2, 0) is 20.7 Å². The Morgan fingerprint density at radius 1 is 1.38 bits per heavy atom. The molecule has 2 aliphatic heterocycles. The first kappa shape index (κ1) is 14.4. The molecule has 2 N–H and O–H groups in total. The molecule has 1 saturated heterocycles. The van der Waals surface area contributed by atoms with Crippen molar-refractivity contribution in [3.05, 3.63) is 23.8 Å². The van der Waals surface area contributed by atoms with Crippen LogP contribution in [0.4, 0.5) is 11.4 Å². The van der Waals surface area contributed by atoms with Crippen LogP contribution >= 0.6 is 0 Å². The van der Waals surface area contributed by atoms with E-state index < -0.39 is 0 Å². The van der Waals surface area contributed by atoms with Crippen molar-refractivity contribution in [2.45, 2.75) is 31.8 Å². The van der Waals surface area contributed by atoms with E-state index in [0.717, 1.165) is 62.4 Å². The predicted molar refractivity (Wildman–Crippen MR) is 81.3 cm³/mol. The number of benzene rings is 1. The van der Waals surface area contributed by atoms with Gasteiger partial charge in [-0.05, 0) is 43.4 Å². The molecule has 0 saturated carbocycles. The highest BCUT2D eigenvalue weighted by Crippen LogP contribution is 2.31. The van der Waals surface area contributed by atoms with Crippen molar-refractivity contribution in [1.29, 1.82) is 0 Å². The number of nitrogens with zero attached hydrogens (tertiary/aromatic N) is 1. The highest BCUT2D eigenvalue weighted by Gasteiger charge is 2.25. The lowest BCUT2D eigenvalue weighted by molar-refractivity contribution is -0.127. The smallest absolute Gasteiger partial charge is 0.252 e. The van der Waals surface area contributed by atoms with E-state index in [-0.39, 0.29) is 18.6 Å². The first-order valence-electron chi connectivity index (χ1n) is 7.63. The van der Waals surface area contributed by atoms with Crippen LogP contribution in [0, 0.1) is 0 Å². The van der Waals surface area contributed by atoms with Crippen molar-refractivity contribution < 1.29 is 14.3 Å². The number of hydrogen-bond acceptors (Lipinski definition) is 4. The topological polar surface area (TPSA) is 64.8 Å². The van der Waals surface area contributed by atoms with E-state index in [9.17, 15) is 4.79 Å². The molecule has 0 bridgehead atoms. The molecule has 3 rings (SSSR count). The Morgan fingerprint density at radius 2 is 2.19 bits per heavy atom. The normalized spacial score (nSPS) is 19.3. The molecule has 1 amide bonds. The fourth-order valence-corrected chi connectivity index (χ4v) is 3.02. The summed E-state index contributed by atoms with van der Waals surface area (Å²) >= 11 is 0. The standard InChI is InChI=1S/C16H22N2O3/c17-14-4-1-5-15-13(14)3-2-8-18(15)16(19)11-21-12-6-9-20-10-7-12/h1,4-5,12H,2-3,6-11,17H2. The van der Waals surface area contributed by atoms with Crippen LogP contribution in [0.2, 0.25) is 0 Å². The fourth-order valence-electron chi connectivity index (χ4n) is 3.02. The van der Waals surface area contributed by atoms with Gasteiger partial charge in [0.1, 0.15) is 6.61 Å². The van der Waals surface area contributed by atoms with Gasteiger partial charge in [0.2, 0.25) is 0 Å². The number of amides is 1. The quantitative estimate of drug-likeness (QED) is 0.861. The van der Waals surface area contributed by atoms with Gasteiger partial charge >= 0.3 is 0 Å². The molecule has 5 heteroatoms. The number of carbonyl (C=O) groups is 1. The van der Waals surface area contributed by atoms with Crippen molar-refractivity contribution in [2.24, 2.45) is 0 Å². The van der Waals surface area contributed by atoms with Crippen LogP contribution in [0.25, 0.3) is 0 Å².